The van der Waals surface area contributed by atoms with Gasteiger partial charge in [0, 0.05) is 17.5 Å². The van der Waals surface area contributed by atoms with E-state index in [0.29, 0.717) is 17.7 Å². The summed E-state index contributed by atoms with van der Waals surface area (Å²) in [5.74, 6) is 3.62. The van der Waals surface area contributed by atoms with Crippen LogP contribution in [0.2, 0.25) is 0 Å². The smallest absolute Gasteiger partial charge is 0.145 e. The van der Waals surface area contributed by atoms with Crippen molar-refractivity contribution in [3.8, 4) is 17.2 Å². The molecule has 5 heteroatoms. The molecule has 176 valence electrons. The number of benzene rings is 1. The highest BCUT2D eigenvalue weighted by Crippen LogP contribution is 2.34. The zero-order valence-electron chi connectivity index (χ0n) is 20.2. The van der Waals surface area contributed by atoms with Crippen molar-refractivity contribution in [3.63, 3.8) is 0 Å². The van der Waals surface area contributed by atoms with Gasteiger partial charge in [0.2, 0.25) is 0 Å². The Hall–Kier alpha value is -2.17. The average molecular weight is 440 g/mol. The fraction of sp³-hybridized carbons (Fsp3) is 0.667. The second kappa shape index (κ2) is 10.2. The van der Waals surface area contributed by atoms with Crippen LogP contribution in [-0.2, 0) is 5.41 Å². The maximum absolute atomic E-state index is 6.42. The number of aromatic nitrogens is 2. The molecule has 0 saturated heterocycles. The molecule has 0 atom stereocenters. The summed E-state index contributed by atoms with van der Waals surface area (Å²) in [7, 11) is 0. The minimum atomic E-state index is -0.0718. The van der Waals surface area contributed by atoms with Crippen molar-refractivity contribution >= 4 is 5.82 Å². The van der Waals surface area contributed by atoms with Crippen LogP contribution < -0.4 is 15.2 Å². The normalized spacial score (nSPS) is 18.6. The molecule has 2 N–H and O–H groups in total. The number of nitrogen functional groups attached to an aromatic ring is 1. The fourth-order valence-corrected chi connectivity index (χ4v) is 4.96. The molecule has 4 rings (SSSR count). The zero-order chi connectivity index (χ0) is 22.6. The van der Waals surface area contributed by atoms with Crippen LogP contribution in [0.4, 0.5) is 5.82 Å². The first-order valence-electron chi connectivity index (χ1n) is 12.7. The minimum Gasteiger partial charge on any atom is -0.493 e. The number of nitrogens with two attached hydrogens (primary N) is 1. The zero-order valence-corrected chi connectivity index (χ0v) is 20.2. The van der Waals surface area contributed by atoms with Gasteiger partial charge in [-0.1, -0.05) is 59.3 Å². The van der Waals surface area contributed by atoms with Crippen LogP contribution >= 0.6 is 0 Å². The SMILES string of the molecule is CC(C)(C)c1cc(N)n(-c2cc(OCC3CCCCC3)ccc2OCC2CCCCC2)n1. The van der Waals surface area contributed by atoms with Crippen LogP contribution in [0.15, 0.2) is 24.3 Å². The Morgan fingerprint density at radius 3 is 2.03 bits per heavy atom. The van der Waals surface area contributed by atoms with Gasteiger partial charge in [-0.25, -0.2) is 4.68 Å². The number of rotatable bonds is 7. The van der Waals surface area contributed by atoms with Crippen molar-refractivity contribution in [3.05, 3.63) is 30.0 Å². The van der Waals surface area contributed by atoms with Crippen LogP contribution in [0.25, 0.3) is 5.69 Å². The number of hydrogen-bond acceptors (Lipinski definition) is 4. The molecule has 32 heavy (non-hydrogen) atoms. The molecule has 0 aliphatic heterocycles. The molecular weight excluding hydrogens is 398 g/mol. The summed E-state index contributed by atoms with van der Waals surface area (Å²) < 4.78 is 14.4. The summed E-state index contributed by atoms with van der Waals surface area (Å²) in [6.45, 7) is 8.00. The van der Waals surface area contributed by atoms with Crippen molar-refractivity contribution in [2.75, 3.05) is 18.9 Å². The third kappa shape index (κ3) is 5.79. The Morgan fingerprint density at radius 2 is 1.47 bits per heavy atom. The predicted octanol–water partition coefficient (Wildman–Crippen LogP) is 6.67. The summed E-state index contributed by atoms with van der Waals surface area (Å²) in [6, 6.07) is 8.09. The lowest BCUT2D eigenvalue weighted by molar-refractivity contribution is 0.204. The highest BCUT2D eigenvalue weighted by Gasteiger charge is 2.22. The van der Waals surface area contributed by atoms with E-state index in [1.165, 1.54) is 64.2 Å². The van der Waals surface area contributed by atoms with Crippen molar-refractivity contribution in [2.45, 2.75) is 90.4 Å². The van der Waals surface area contributed by atoms with Gasteiger partial charge in [0.05, 0.1) is 18.9 Å². The molecule has 2 aliphatic rings. The molecule has 0 bridgehead atoms. The summed E-state index contributed by atoms with van der Waals surface area (Å²) in [4.78, 5) is 0. The highest BCUT2D eigenvalue weighted by molar-refractivity contribution is 5.55. The van der Waals surface area contributed by atoms with Gasteiger partial charge >= 0.3 is 0 Å². The van der Waals surface area contributed by atoms with Crippen LogP contribution in [0.5, 0.6) is 11.5 Å². The van der Waals surface area contributed by atoms with Gasteiger partial charge in [0.1, 0.15) is 23.0 Å². The number of anilines is 1. The average Bonchev–Trinajstić information content (AvgIpc) is 3.20. The topological polar surface area (TPSA) is 62.3 Å². The standard InChI is InChI=1S/C27H41N3O2/c1-27(2,3)25-17-26(28)30(29-25)23-16-22(31-18-20-10-6-4-7-11-20)14-15-24(23)32-19-21-12-8-5-9-13-21/h14-17,20-21H,4-13,18-19,28H2,1-3H3. The molecule has 2 aliphatic carbocycles. The number of nitrogens with zero attached hydrogens (tertiary/aromatic N) is 2. The predicted molar refractivity (Wildman–Crippen MR) is 131 cm³/mol. The molecule has 0 amide bonds. The van der Waals surface area contributed by atoms with Crippen LogP contribution in [-0.4, -0.2) is 23.0 Å². The van der Waals surface area contributed by atoms with E-state index in [-0.39, 0.29) is 5.41 Å². The van der Waals surface area contributed by atoms with Crippen LogP contribution in [0.3, 0.4) is 0 Å². The molecule has 2 aromatic rings. The summed E-state index contributed by atoms with van der Waals surface area (Å²) >= 11 is 0. The molecule has 2 saturated carbocycles. The van der Waals surface area contributed by atoms with E-state index in [9.17, 15) is 0 Å². The summed E-state index contributed by atoms with van der Waals surface area (Å²) in [5, 5.41) is 4.85. The molecular formula is C27H41N3O2. The van der Waals surface area contributed by atoms with Crippen molar-refractivity contribution in [2.24, 2.45) is 11.8 Å². The Morgan fingerprint density at radius 1 is 0.875 bits per heavy atom. The minimum absolute atomic E-state index is 0.0718. The first kappa shape index (κ1) is 23.0. The third-order valence-electron chi connectivity index (χ3n) is 7.07. The second-order valence-electron chi connectivity index (χ2n) is 10.9. The first-order chi connectivity index (χ1) is 15.4. The third-order valence-corrected chi connectivity index (χ3v) is 7.07. The van der Waals surface area contributed by atoms with Gasteiger partial charge in [-0.2, -0.15) is 5.10 Å². The maximum atomic E-state index is 6.42. The van der Waals surface area contributed by atoms with E-state index >= 15 is 0 Å². The van der Waals surface area contributed by atoms with E-state index < -0.39 is 0 Å². The van der Waals surface area contributed by atoms with Gasteiger partial charge in [0.25, 0.3) is 0 Å². The Kier molecular flexibility index (Phi) is 7.32. The summed E-state index contributed by atoms with van der Waals surface area (Å²) in [5.41, 5.74) is 8.20. The van der Waals surface area contributed by atoms with E-state index in [2.05, 4.69) is 26.8 Å². The molecule has 0 spiro atoms. The molecule has 5 nitrogen and oxygen atoms in total. The van der Waals surface area contributed by atoms with Gasteiger partial charge in [-0.05, 0) is 49.7 Å². The molecule has 0 unspecified atom stereocenters. The highest BCUT2D eigenvalue weighted by atomic mass is 16.5. The Bertz CT molecular complexity index is 872. The first-order valence-corrected chi connectivity index (χ1v) is 12.7. The maximum Gasteiger partial charge on any atom is 0.145 e. The Balaban J connectivity index is 1.56. The van der Waals surface area contributed by atoms with Gasteiger partial charge in [0.15, 0.2) is 0 Å². The van der Waals surface area contributed by atoms with Crippen molar-refractivity contribution in [1.82, 2.24) is 9.78 Å². The van der Waals surface area contributed by atoms with E-state index in [0.717, 1.165) is 36.1 Å². The number of hydrogen-bond donors (Lipinski definition) is 1. The monoisotopic (exact) mass is 439 g/mol. The fourth-order valence-electron chi connectivity index (χ4n) is 4.96. The molecule has 1 heterocycles. The molecule has 2 fully saturated rings. The van der Waals surface area contributed by atoms with E-state index in [1.54, 1.807) is 0 Å². The lowest BCUT2D eigenvalue weighted by atomic mass is 9.90. The van der Waals surface area contributed by atoms with Gasteiger partial charge in [-0.15, -0.1) is 0 Å². The van der Waals surface area contributed by atoms with Crippen molar-refractivity contribution in [1.29, 1.82) is 0 Å². The lowest BCUT2D eigenvalue weighted by Crippen LogP contribution is -2.17. The van der Waals surface area contributed by atoms with E-state index in [4.69, 9.17) is 20.3 Å². The quantitative estimate of drug-likeness (QED) is 0.523. The molecule has 0 radical (unpaired) electrons. The molecule has 1 aromatic carbocycles. The second-order valence-corrected chi connectivity index (χ2v) is 10.9. The van der Waals surface area contributed by atoms with Crippen LogP contribution in [0, 0.1) is 11.8 Å². The largest absolute Gasteiger partial charge is 0.493 e. The van der Waals surface area contributed by atoms with Crippen molar-refractivity contribution < 1.29 is 9.47 Å². The van der Waals surface area contributed by atoms with Gasteiger partial charge in [-0.3, -0.25) is 0 Å². The van der Waals surface area contributed by atoms with E-state index in [1.807, 2.05) is 22.9 Å². The number of ether oxygens (including phenoxy) is 2. The summed E-state index contributed by atoms with van der Waals surface area (Å²) in [6.07, 6.45) is 13.1. The Labute approximate surface area is 193 Å². The molecule has 1 aromatic heterocycles. The van der Waals surface area contributed by atoms with Crippen LogP contribution in [0.1, 0.15) is 90.7 Å². The lowest BCUT2D eigenvalue weighted by Gasteiger charge is -2.23. The van der Waals surface area contributed by atoms with Gasteiger partial charge < -0.3 is 15.2 Å².